The first kappa shape index (κ1) is 24.0. The fourth-order valence-electron chi connectivity index (χ4n) is 3.34. The smallest absolute Gasteiger partial charge is 0.342 e. The number of nitrogens with one attached hydrogen (secondary N) is 1. The van der Waals surface area contributed by atoms with Gasteiger partial charge in [0.2, 0.25) is 10.0 Å². The number of ether oxygens (including phenoxy) is 2. The molecule has 0 saturated carbocycles. The normalized spacial score (nSPS) is 15.6. The van der Waals surface area contributed by atoms with Gasteiger partial charge >= 0.3 is 5.97 Å². The number of esters is 1. The Morgan fingerprint density at radius 2 is 1.78 bits per heavy atom. The molecule has 1 fully saturated rings. The molecule has 1 atom stereocenters. The molecule has 3 rings (SSSR count). The summed E-state index contributed by atoms with van der Waals surface area (Å²) in [4.78, 5) is 25.1. The van der Waals surface area contributed by atoms with Gasteiger partial charge in [-0.05, 0) is 50.1 Å². The Balaban J connectivity index is 1.73. The van der Waals surface area contributed by atoms with Crippen molar-refractivity contribution in [2.75, 3.05) is 25.5 Å². The van der Waals surface area contributed by atoms with Crippen molar-refractivity contribution in [2.45, 2.75) is 37.2 Å². The van der Waals surface area contributed by atoms with Crippen molar-refractivity contribution < 1.29 is 27.5 Å². The molecule has 1 saturated heterocycles. The average molecular weight is 481 g/mol. The standard InChI is InChI=1S/C22H25ClN2O6S/c1-15(31-22(27)17-8-4-5-9-20(17)30-2)21(26)24-19-14-16(10-11-18(19)23)32(28,29)25-12-6-3-7-13-25/h4-5,8-11,14-15H,3,6-7,12-13H2,1-2H3,(H,24,26). The van der Waals surface area contributed by atoms with Crippen LogP contribution in [0.1, 0.15) is 36.5 Å². The third kappa shape index (κ3) is 5.40. The van der Waals surface area contributed by atoms with Gasteiger partial charge in [-0.1, -0.05) is 30.2 Å². The first-order valence-corrected chi connectivity index (χ1v) is 12.0. The minimum atomic E-state index is -3.70. The van der Waals surface area contributed by atoms with Gasteiger partial charge < -0.3 is 14.8 Å². The Labute approximate surface area is 192 Å². The number of hydrogen-bond acceptors (Lipinski definition) is 6. The van der Waals surface area contributed by atoms with E-state index in [1.807, 2.05) is 0 Å². The molecule has 0 spiro atoms. The van der Waals surface area contributed by atoms with E-state index in [2.05, 4.69) is 5.32 Å². The number of nitrogens with zero attached hydrogens (tertiary/aromatic N) is 1. The number of piperidine rings is 1. The Hall–Kier alpha value is -2.62. The van der Waals surface area contributed by atoms with Crippen LogP contribution in [0.15, 0.2) is 47.4 Å². The number of halogens is 1. The number of carbonyl (C=O) groups is 2. The number of amides is 1. The molecule has 0 bridgehead atoms. The van der Waals surface area contributed by atoms with Crippen molar-refractivity contribution in [3.8, 4) is 5.75 Å². The minimum absolute atomic E-state index is 0.0396. The zero-order valence-corrected chi connectivity index (χ0v) is 19.4. The topological polar surface area (TPSA) is 102 Å². The molecule has 8 nitrogen and oxygen atoms in total. The summed E-state index contributed by atoms with van der Waals surface area (Å²) in [6.45, 7) is 2.33. The van der Waals surface area contributed by atoms with E-state index < -0.39 is 28.0 Å². The Morgan fingerprint density at radius 3 is 2.47 bits per heavy atom. The van der Waals surface area contributed by atoms with Crippen molar-refractivity contribution in [1.82, 2.24) is 4.31 Å². The van der Waals surface area contributed by atoms with Crippen LogP contribution in [-0.2, 0) is 19.6 Å². The van der Waals surface area contributed by atoms with Gasteiger partial charge in [-0.15, -0.1) is 0 Å². The van der Waals surface area contributed by atoms with E-state index in [0.717, 1.165) is 19.3 Å². The molecule has 1 heterocycles. The SMILES string of the molecule is COc1ccccc1C(=O)OC(C)C(=O)Nc1cc(S(=O)(=O)N2CCCCC2)ccc1Cl. The fraction of sp³-hybridized carbons (Fsp3) is 0.364. The zero-order chi connectivity index (χ0) is 23.3. The third-order valence-corrected chi connectivity index (χ3v) is 7.35. The molecule has 1 amide bonds. The first-order valence-electron chi connectivity index (χ1n) is 10.2. The van der Waals surface area contributed by atoms with E-state index in [0.29, 0.717) is 18.8 Å². The van der Waals surface area contributed by atoms with E-state index in [-0.39, 0.29) is 21.2 Å². The lowest BCUT2D eigenvalue weighted by Crippen LogP contribution is -2.35. The molecule has 0 aliphatic carbocycles. The number of sulfonamides is 1. The maximum Gasteiger partial charge on any atom is 0.342 e. The Bertz CT molecular complexity index is 1100. The van der Waals surface area contributed by atoms with Crippen LogP contribution in [-0.4, -0.2) is 50.9 Å². The van der Waals surface area contributed by atoms with Crippen molar-refractivity contribution >= 4 is 39.2 Å². The fourth-order valence-corrected chi connectivity index (χ4v) is 5.05. The number of para-hydroxylation sites is 1. The maximum atomic E-state index is 12.9. The number of benzene rings is 2. The number of anilines is 1. The van der Waals surface area contributed by atoms with E-state index >= 15 is 0 Å². The molecular formula is C22H25ClN2O6S. The summed E-state index contributed by atoms with van der Waals surface area (Å²) in [5.41, 5.74) is 0.303. The van der Waals surface area contributed by atoms with Gasteiger partial charge in [0.25, 0.3) is 5.91 Å². The second-order valence-corrected chi connectivity index (χ2v) is 9.69. The number of methoxy groups -OCH3 is 1. The largest absolute Gasteiger partial charge is 0.496 e. The van der Waals surface area contributed by atoms with Crippen LogP contribution in [0.2, 0.25) is 5.02 Å². The summed E-state index contributed by atoms with van der Waals surface area (Å²) >= 11 is 6.17. The average Bonchev–Trinajstić information content (AvgIpc) is 2.80. The molecule has 172 valence electrons. The van der Waals surface area contributed by atoms with Crippen LogP contribution < -0.4 is 10.1 Å². The highest BCUT2D eigenvalue weighted by molar-refractivity contribution is 7.89. The number of hydrogen-bond donors (Lipinski definition) is 1. The van der Waals surface area contributed by atoms with Gasteiger partial charge in [-0.25, -0.2) is 13.2 Å². The monoisotopic (exact) mass is 480 g/mol. The molecule has 0 radical (unpaired) electrons. The molecule has 0 aromatic heterocycles. The Kier molecular flexibility index (Phi) is 7.76. The van der Waals surface area contributed by atoms with Crippen molar-refractivity contribution in [1.29, 1.82) is 0 Å². The summed E-state index contributed by atoms with van der Waals surface area (Å²) in [6.07, 6.45) is 1.46. The highest BCUT2D eigenvalue weighted by Crippen LogP contribution is 2.28. The molecule has 1 aliphatic heterocycles. The lowest BCUT2D eigenvalue weighted by molar-refractivity contribution is -0.123. The van der Waals surface area contributed by atoms with E-state index in [1.54, 1.807) is 18.2 Å². The van der Waals surface area contributed by atoms with E-state index in [9.17, 15) is 18.0 Å². The van der Waals surface area contributed by atoms with Crippen LogP contribution in [0.25, 0.3) is 0 Å². The molecule has 2 aromatic rings. The quantitative estimate of drug-likeness (QED) is 0.606. The van der Waals surface area contributed by atoms with Crippen molar-refractivity contribution in [3.05, 3.63) is 53.1 Å². The van der Waals surface area contributed by atoms with E-state index in [1.165, 1.54) is 42.6 Å². The van der Waals surface area contributed by atoms with Gasteiger partial charge in [0.1, 0.15) is 11.3 Å². The highest BCUT2D eigenvalue weighted by atomic mass is 35.5. The molecule has 10 heteroatoms. The van der Waals surface area contributed by atoms with Crippen LogP contribution in [0.3, 0.4) is 0 Å². The summed E-state index contributed by atoms with van der Waals surface area (Å²) in [5, 5.41) is 2.71. The van der Waals surface area contributed by atoms with Crippen molar-refractivity contribution in [3.63, 3.8) is 0 Å². The first-order chi connectivity index (χ1) is 15.2. The second-order valence-electron chi connectivity index (χ2n) is 7.34. The van der Waals surface area contributed by atoms with Crippen molar-refractivity contribution in [2.24, 2.45) is 0 Å². The molecule has 1 N–H and O–H groups in total. The molecule has 32 heavy (non-hydrogen) atoms. The number of rotatable bonds is 7. The minimum Gasteiger partial charge on any atom is -0.496 e. The van der Waals surface area contributed by atoms with Crippen LogP contribution >= 0.6 is 11.6 Å². The number of carbonyl (C=O) groups excluding carboxylic acids is 2. The van der Waals surface area contributed by atoms with Gasteiger partial charge in [-0.3, -0.25) is 4.79 Å². The molecule has 2 aromatic carbocycles. The summed E-state index contributed by atoms with van der Waals surface area (Å²) in [5.74, 6) is -1.05. The van der Waals surface area contributed by atoms with E-state index in [4.69, 9.17) is 21.1 Å². The maximum absolute atomic E-state index is 12.9. The predicted molar refractivity (Wildman–Crippen MR) is 121 cm³/mol. The summed E-state index contributed by atoms with van der Waals surface area (Å²) in [6, 6.07) is 10.6. The van der Waals surface area contributed by atoms with Gasteiger partial charge in [0.05, 0.1) is 22.7 Å². The lowest BCUT2D eigenvalue weighted by Gasteiger charge is -2.26. The Morgan fingerprint density at radius 1 is 1.09 bits per heavy atom. The second kappa shape index (κ2) is 10.3. The van der Waals surface area contributed by atoms with Gasteiger partial charge in [0, 0.05) is 13.1 Å². The highest BCUT2D eigenvalue weighted by Gasteiger charge is 2.27. The lowest BCUT2D eigenvalue weighted by atomic mass is 10.2. The van der Waals surface area contributed by atoms with Gasteiger partial charge in [-0.2, -0.15) is 4.31 Å². The molecule has 1 unspecified atom stereocenters. The summed E-state index contributed by atoms with van der Waals surface area (Å²) < 4.78 is 37.7. The molecular weight excluding hydrogens is 456 g/mol. The predicted octanol–water partition coefficient (Wildman–Crippen LogP) is 3.71. The molecule has 1 aliphatic rings. The zero-order valence-electron chi connectivity index (χ0n) is 17.8. The summed E-state index contributed by atoms with van der Waals surface area (Å²) in [7, 11) is -2.27. The van der Waals surface area contributed by atoms with Crippen LogP contribution in [0, 0.1) is 0 Å². The van der Waals surface area contributed by atoms with Crippen LogP contribution in [0.4, 0.5) is 5.69 Å². The van der Waals surface area contributed by atoms with Crippen LogP contribution in [0.5, 0.6) is 5.75 Å². The van der Waals surface area contributed by atoms with Gasteiger partial charge in [0.15, 0.2) is 6.10 Å². The third-order valence-electron chi connectivity index (χ3n) is 5.13.